The number of aliphatic hydroxyl groups excluding tert-OH is 1. The van der Waals surface area contributed by atoms with E-state index >= 15 is 0 Å². The number of aliphatic hydroxyl groups is 1. The molecule has 0 aromatic heterocycles. The molecule has 30 heavy (non-hydrogen) atoms. The number of hydrogen-bond donors (Lipinski definition) is 2. The van der Waals surface area contributed by atoms with E-state index in [4.69, 9.17) is 25.8 Å². The van der Waals surface area contributed by atoms with Crippen LogP contribution in [0.5, 0.6) is 0 Å². The van der Waals surface area contributed by atoms with Crippen LogP contribution in [0.15, 0.2) is 0 Å². The van der Waals surface area contributed by atoms with E-state index in [2.05, 4.69) is 15.1 Å². The molecule has 7 nitrogen and oxygen atoms in total. The molecule has 4 aliphatic heterocycles. The molecular formula is C22H38ClN3O4. The minimum Gasteiger partial charge on any atom is -0.395 e. The van der Waals surface area contributed by atoms with Crippen molar-refractivity contribution in [3.05, 3.63) is 0 Å². The molecule has 0 spiro atoms. The number of rotatable bonds is 6. The van der Waals surface area contributed by atoms with Crippen molar-refractivity contribution in [1.82, 2.24) is 15.1 Å². The fourth-order valence-corrected chi connectivity index (χ4v) is 6.75. The minimum absolute atomic E-state index is 0.0391. The van der Waals surface area contributed by atoms with E-state index in [-0.39, 0.29) is 36.7 Å². The van der Waals surface area contributed by atoms with Gasteiger partial charge in [0.05, 0.1) is 37.1 Å². The molecule has 4 saturated heterocycles. The summed E-state index contributed by atoms with van der Waals surface area (Å²) in [6.45, 7) is 7.02. The Labute approximate surface area is 185 Å². The molecule has 0 radical (unpaired) electrons. The van der Waals surface area contributed by atoms with Gasteiger partial charge in [0.15, 0.2) is 6.29 Å². The first-order chi connectivity index (χ1) is 14.6. The van der Waals surface area contributed by atoms with Crippen LogP contribution in [-0.4, -0.2) is 96.6 Å². The Kier molecular flexibility index (Phi) is 6.90. The molecule has 8 heteroatoms. The van der Waals surface area contributed by atoms with Crippen LogP contribution in [0.3, 0.4) is 0 Å². The van der Waals surface area contributed by atoms with Crippen molar-refractivity contribution in [1.29, 1.82) is 0 Å². The monoisotopic (exact) mass is 443 g/mol. The van der Waals surface area contributed by atoms with Crippen LogP contribution < -0.4 is 5.32 Å². The summed E-state index contributed by atoms with van der Waals surface area (Å²) < 4.78 is 17.8. The first-order valence-electron chi connectivity index (χ1n) is 12.0. The van der Waals surface area contributed by atoms with Crippen LogP contribution >= 0.6 is 11.6 Å². The van der Waals surface area contributed by atoms with Gasteiger partial charge >= 0.3 is 0 Å². The van der Waals surface area contributed by atoms with Gasteiger partial charge in [-0.2, -0.15) is 0 Å². The van der Waals surface area contributed by atoms with Gasteiger partial charge in [-0.3, -0.25) is 10.2 Å². The van der Waals surface area contributed by atoms with Gasteiger partial charge in [0.25, 0.3) is 0 Å². The fraction of sp³-hybridized carbons (Fsp3) is 1.00. The van der Waals surface area contributed by atoms with Crippen LogP contribution in [0.25, 0.3) is 0 Å². The van der Waals surface area contributed by atoms with E-state index in [9.17, 15) is 5.11 Å². The third-order valence-corrected chi connectivity index (χ3v) is 8.53. The molecule has 1 aliphatic carbocycles. The SMILES string of the molecule is C[C@@H]1OC2CCCC(C3CCN(CC4NC(Cl)C(CO)N4C[C@@H]4CCO4)CC3)C2O1. The third-order valence-electron chi connectivity index (χ3n) is 8.11. The predicted molar refractivity (Wildman–Crippen MR) is 114 cm³/mol. The summed E-state index contributed by atoms with van der Waals surface area (Å²) >= 11 is 6.52. The minimum atomic E-state index is -0.210. The highest BCUT2D eigenvalue weighted by Crippen LogP contribution is 2.42. The summed E-state index contributed by atoms with van der Waals surface area (Å²) in [5.41, 5.74) is -0.210. The molecule has 0 aromatic rings. The highest BCUT2D eigenvalue weighted by atomic mass is 35.5. The molecule has 4 heterocycles. The van der Waals surface area contributed by atoms with E-state index < -0.39 is 0 Å². The summed E-state index contributed by atoms with van der Waals surface area (Å²) in [7, 11) is 0. The van der Waals surface area contributed by atoms with Crippen LogP contribution in [0.4, 0.5) is 0 Å². The van der Waals surface area contributed by atoms with Crippen molar-refractivity contribution in [3.63, 3.8) is 0 Å². The highest BCUT2D eigenvalue weighted by molar-refractivity contribution is 6.21. The maximum absolute atomic E-state index is 9.86. The topological polar surface area (TPSA) is 66.4 Å². The van der Waals surface area contributed by atoms with Crippen molar-refractivity contribution < 1.29 is 19.3 Å². The van der Waals surface area contributed by atoms with Crippen LogP contribution in [0.2, 0.25) is 0 Å². The van der Waals surface area contributed by atoms with E-state index in [1.807, 2.05) is 6.92 Å². The normalized spacial score (nSPS) is 46.1. The standard InChI is InChI=1S/C22H38ClN3O4/c1-14-29-19-4-2-3-17(21(19)30-14)15-5-8-25(9-6-15)12-20-24-22(23)18(13-27)26(20)11-16-7-10-28-16/h14-22,24,27H,2-13H2,1H3/t14-,16+,17?,18?,19?,20?,21?,22?/m1/s1. The second-order valence-electron chi connectivity index (χ2n) is 9.89. The van der Waals surface area contributed by atoms with Gasteiger partial charge in [-0.15, -0.1) is 11.6 Å². The third kappa shape index (κ3) is 4.42. The van der Waals surface area contributed by atoms with E-state index in [0.29, 0.717) is 18.1 Å². The lowest BCUT2D eigenvalue weighted by Crippen LogP contribution is -2.53. The molecule has 5 fully saturated rings. The number of halogens is 1. The number of nitrogens with one attached hydrogen (secondary N) is 1. The molecule has 0 amide bonds. The van der Waals surface area contributed by atoms with E-state index in [1.165, 1.54) is 25.7 Å². The van der Waals surface area contributed by atoms with Crippen LogP contribution in [-0.2, 0) is 14.2 Å². The number of hydrogen-bond acceptors (Lipinski definition) is 7. The van der Waals surface area contributed by atoms with Crippen molar-refractivity contribution in [2.24, 2.45) is 11.8 Å². The Balaban J connectivity index is 1.15. The van der Waals surface area contributed by atoms with E-state index in [0.717, 1.165) is 51.5 Å². The molecule has 6 unspecified atom stereocenters. The lowest BCUT2D eigenvalue weighted by Gasteiger charge is -2.42. The average Bonchev–Trinajstić information content (AvgIpc) is 3.23. The summed E-state index contributed by atoms with van der Waals surface area (Å²) in [6.07, 6.45) is 8.33. The number of piperidine rings is 1. The number of fused-ring (bicyclic) bond motifs is 1. The van der Waals surface area contributed by atoms with Gasteiger partial charge in [0, 0.05) is 19.7 Å². The number of likely N-dealkylation sites (tertiary alicyclic amines) is 1. The predicted octanol–water partition coefficient (Wildman–Crippen LogP) is 1.57. The van der Waals surface area contributed by atoms with Gasteiger partial charge in [-0.05, 0) is 64.0 Å². The summed E-state index contributed by atoms with van der Waals surface area (Å²) in [6, 6.07) is -0.0425. The lowest BCUT2D eigenvalue weighted by atomic mass is 9.73. The molecule has 8 atom stereocenters. The molecular weight excluding hydrogens is 406 g/mol. The van der Waals surface area contributed by atoms with E-state index in [1.54, 1.807) is 0 Å². The van der Waals surface area contributed by atoms with Gasteiger partial charge in [0.1, 0.15) is 5.50 Å². The number of ether oxygens (including phenoxy) is 3. The maximum atomic E-state index is 9.86. The smallest absolute Gasteiger partial charge is 0.155 e. The highest BCUT2D eigenvalue weighted by Gasteiger charge is 2.46. The Hall–Kier alpha value is 0.01000. The van der Waals surface area contributed by atoms with Gasteiger partial charge in [0.2, 0.25) is 0 Å². The van der Waals surface area contributed by atoms with Crippen molar-refractivity contribution >= 4 is 11.6 Å². The number of alkyl halides is 1. The molecule has 172 valence electrons. The first-order valence-corrected chi connectivity index (χ1v) is 12.5. The maximum Gasteiger partial charge on any atom is 0.155 e. The van der Waals surface area contributed by atoms with Crippen LogP contribution in [0, 0.1) is 11.8 Å². The quantitative estimate of drug-likeness (QED) is 0.477. The molecule has 5 rings (SSSR count). The van der Waals surface area contributed by atoms with Crippen LogP contribution in [0.1, 0.15) is 45.4 Å². The zero-order valence-electron chi connectivity index (χ0n) is 18.1. The van der Waals surface area contributed by atoms with Crippen molar-refractivity contribution in [2.45, 2.75) is 87.8 Å². The Bertz CT molecular complexity index is 575. The van der Waals surface area contributed by atoms with Gasteiger partial charge in [-0.25, -0.2) is 0 Å². The summed E-state index contributed by atoms with van der Waals surface area (Å²) in [5.74, 6) is 1.39. The Morgan fingerprint density at radius 3 is 2.57 bits per heavy atom. The first kappa shape index (κ1) is 21.8. The van der Waals surface area contributed by atoms with Gasteiger partial charge in [-0.1, -0.05) is 6.42 Å². The Morgan fingerprint density at radius 2 is 1.87 bits per heavy atom. The second-order valence-corrected chi connectivity index (χ2v) is 10.4. The average molecular weight is 444 g/mol. The molecule has 5 aliphatic rings. The van der Waals surface area contributed by atoms with Crippen molar-refractivity contribution in [2.75, 3.05) is 39.4 Å². The molecule has 0 aromatic carbocycles. The van der Waals surface area contributed by atoms with Gasteiger partial charge < -0.3 is 24.2 Å². The summed E-state index contributed by atoms with van der Waals surface area (Å²) in [4.78, 5) is 4.91. The zero-order chi connectivity index (χ0) is 20.7. The molecule has 1 saturated carbocycles. The zero-order valence-corrected chi connectivity index (χ0v) is 18.9. The second kappa shape index (κ2) is 9.48. The summed E-state index contributed by atoms with van der Waals surface area (Å²) in [5, 5.41) is 13.4. The molecule has 2 N–H and O–H groups in total. The largest absolute Gasteiger partial charge is 0.395 e. The van der Waals surface area contributed by atoms with Crippen molar-refractivity contribution in [3.8, 4) is 0 Å². The fourth-order valence-electron chi connectivity index (χ4n) is 6.38. The Morgan fingerprint density at radius 1 is 1.07 bits per heavy atom. The molecule has 0 bridgehead atoms. The number of nitrogens with zero attached hydrogens (tertiary/aromatic N) is 2. The lowest BCUT2D eigenvalue weighted by molar-refractivity contribution is -0.0783.